The van der Waals surface area contributed by atoms with E-state index in [1.165, 1.54) is 54.8 Å². The summed E-state index contributed by atoms with van der Waals surface area (Å²) < 4.78 is 36.9. The molecule has 0 radical (unpaired) electrons. The number of esters is 1. The molecule has 0 spiro atoms. The van der Waals surface area contributed by atoms with Crippen molar-refractivity contribution in [2.24, 2.45) is 0 Å². The molecule has 32 heavy (non-hydrogen) atoms. The predicted molar refractivity (Wildman–Crippen MR) is 113 cm³/mol. The molecule has 0 saturated heterocycles. The first-order valence-corrected chi connectivity index (χ1v) is 11.0. The van der Waals surface area contributed by atoms with Gasteiger partial charge in [0.1, 0.15) is 5.76 Å². The molecular formula is C21H17ClN2O7S. The summed E-state index contributed by atoms with van der Waals surface area (Å²) in [6.07, 6.45) is 1.43. The molecule has 2 amide bonds. The lowest BCUT2D eigenvalue weighted by Gasteiger charge is -2.08. The van der Waals surface area contributed by atoms with Gasteiger partial charge >= 0.3 is 5.97 Å². The van der Waals surface area contributed by atoms with Gasteiger partial charge < -0.3 is 9.15 Å². The van der Waals surface area contributed by atoms with E-state index >= 15 is 0 Å². The predicted octanol–water partition coefficient (Wildman–Crippen LogP) is 2.52. The van der Waals surface area contributed by atoms with Crippen LogP contribution in [0.3, 0.4) is 0 Å². The van der Waals surface area contributed by atoms with Crippen LogP contribution in [0.4, 0.5) is 0 Å². The van der Waals surface area contributed by atoms with Gasteiger partial charge in [0.05, 0.1) is 23.3 Å². The summed E-state index contributed by atoms with van der Waals surface area (Å²) in [5.41, 5.74) is 0.248. The maximum atomic E-state index is 12.3. The van der Waals surface area contributed by atoms with Crippen LogP contribution in [-0.2, 0) is 26.1 Å². The van der Waals surface area contributed by atoms with Gasteiger partial charge in [-0.05, 0) is 60.7 Å². The van der Waals surface area contributed by atoms with Crippen LogP contribution in [0.25, 0.3) is 0 Å². The molecular weight excluding hydrogens is 460 g/mol. The number of rotatable bonds is 8. The Morgan fingerprint density at radius 1 is 0.938 bits per heavy atom. The second kappa shape index (κ2) is 10.2. The molecule has 1 heterocycles. The highest BCUT2D eigenvalue weighted by molar-refractivity contribution is 7.89. The standard InChI is InChI=1S/C21H17ClN2O7S/c22-16-7-3-14(4-8-16)20(26)24-19(25)13-31-21(27)15-5-9-18(10-6-15)32(28,29)23-12-17-2-1-11-30-17/h1-11,23H,12-13H2,(H,24,25,26). The minimum absolute atomic E-state index is 0.0248. The molecule has 0 saturated carbocycles. The number of carbonyl (C=O) groups is 3. The number of furan rings is 1. The first-order valence-electron chi connectivity index (χ1n) is 9.13. The normalized spacial score (nSPS) is 11.0. The number of imide groups is 1. The molecule has 0 aliphatic heterocycles. The van der Waals surface area contributed by atoms with Crippen LogP contribution in [0, 0.1) is 0 Å². The zero-order chi connectivity index (χ0) is 23.1. The van der Waals surface area contributed by atoms with Gasteiger partial charge in [0.2, 0.25) is 10.0 Å². The van der Waals surface area contributed by atoms with Crippen molar-refractivity contribution in [2.75, 3.05) is 6.61 Å². The van der Waals surface area contributed by atoms with E-state index in [1.54, 1.807) is 12.1 Å². The fourth-order valence-electron chi connectivity index (χ4n) is 2.48. The third-order valence-electron chi connectivity index (χ3n) is 4.11. The van der Waals surface area contributed by atoms with Crippen LogP contribution in [0.15, 0.2) is 76.2 Å². The van der Waals surface area contributed by atoms with E-state index in [0.29, 0.717) is 10.8 Å². The third-order valence-corrected chi connectivity index (χ3v) is 5.78. The van der Waals surface area contributed by atoms with Gasteiger partial charge in [0, 0.05) is 10.6 Å². The fourth-order valence-corrected chi connectivity index (χ4v) is 3.60. The fraction of sp³-hybridized carbons (Fsp3) is 0.0952. The van der Waals surface area contributed by atoms with E-state index in [2.05, 4.69) is 10.0 Å². The lowest BCUT2D eigenvalue weighted by Crippen LogP contribution is -2.34. The number of amides is 2. The van der Waals surface area contributed by atoms with Crippen LogP contribution in [0.1, 0.15) is 26.5 Å². The van der Waals surface area contributed by atoms with Crippen molar-refractivity contribution in [3.8, 4) is 0 Å². The molecule has 0 unspecified atom stereocenters. The summed E-state index contributed by atoms with van der Waals surface area (Å²) in [5, 5.41) is 2.52. The van der Waals surface area contributed by atoms with E-state index in [9.17, 15) is 22.8 Å². The second-order valence-electron chi connectivity index (χ2n) is 6.39. The third kappa shape index (κ3) is 6.27. The quantitative estimate of drug-likeness (QED) is 0.477. The van der Waals surface area contributed by atoms with Gasteiger partial charge in [-0.1, -0.05) is 11.6 Å². The Kier molecular flexibility index (Phi) is 7.41. The SMILES string of the molecule is O=C(COC(=O)c1ccc(S(=O)(=O)NCc2ccco2)cc1)NC(=O)c1ccc(Cl)cc1. The number of halogens is 1. The van der Waals surface area contributed by atoms with E-state index in [4.69, 9.17) is 20.8 Å². The summed E-state index contributed by atoms with van der Waals surface area (Å²) in [6.45, 7) is -0.716. The average molecular weight is 477 g/mol. The van der Waals surface area contributed by atoms with Crippen LogP contribution in [0.5, 0.6) is 0 Å². The van der Waals surface area contributed by atoms with Crippen molar-refractivity contribution in [3.63, 3.8) is 0 Å². The zero-order valence-electron chi connectivity index (χ0n) is 16.4. The molecule has 3 rings (SSSR count). The summed E-state index contributed by atoms with van der Waals surface area (Å²) in [7, 11) is -3.82. The van der Waals surface area contributed by atoms with Gasteiger partial charge in [-0.3, -0.25) is 14.9 Å². The Balaban J connectivity index is 1.51. The number of hydrogen-bond donors (Lipinski definition) is 2. The van der Waals surface area contributed by atoms with Crippen molar-refractivity contribution in [2.45, 2.75) is 11.4 Å². The van der Waals surface area contributed by atoms with Gasteiger partial charge in [-0.2, -0.15) is 0 Å². The number of sulfonamides is 1. The average Bonchev–Trinajstić information content (AvgIpc) is 3.30. The molecule has 0 bridgehead atoms. The Hall–Kier alpha value is -3.47. The van der Waals surface area contributed by atoms with Crippen molar-refractivity contribution < 1.29 is 32.0 Å². The van der Waals surface area contributed by atoms with Gasteiger partial charge in [-0.15, -0.1) is 0 Å². The van der Waals surface area contributed by atoms with Crippen molar-refractivity contribution in [3.05, 3.63) is 88.8 Å². The topological polar surface area (TPSA) is 132 Å². The largest absolute Gasteiger partial charge is 0.468 e. The van der Waals surface area contributed by atoms with Crippen LogP contribution >= 0.6 is 11.6 Å². The highest BCUT2D eigenvalue weighted by Gasteiger charge is 2.17. The Morgan fingerprint density at radius 3 is 2.22 bits per heavy atom. The highest BCUT2D eigenvalue weighted by atomic mass is 35.5. The number of benzene rings is 2. The van der Waals surface area contributed by atoms with Crippen molar-refractivity contribution >= 4 is 39.4 Å². The smallest absolute Gasteiger partial charge is 0.338 e. The second-order valence-corrected chi connectivity index (χ2v) is 8.59. The van der Waals surface area contributed by atoms with E-state index in [0.717, 1.165) is 0 Å². The monoisotopic (exact) mass is 476 g/mol. The van der Waals surface area contributed by atoms with E-state index < -0.39 is 34.4 Å². The maximum Gasteiger partial charge on any atom is 0.338 e. The van der Waals surface area contributed by atoms with Crippen molar-refractivity contribution in [1.29, 1.82) is 0 Å². The molecule has 166 valence electrons. The van der Waals surface area contributed by atoms with Gasteiger partial charge in [0.15, 0.2) is 6.61 Å². The summed E-state index contributed by atoms with van der Waals surface area (Å²) >= 11 is 5.74. The van der Waals surface area contributed by atoms with Gasteiger partial charge in [-0.25, -0.2) is 17.9 Å². The van der Waals surface area contributed by atoms with Crippen LogP contribution in [0.2, 0.25) is 5.02 Å². The number of nitrogens with one attached hydrogen (secondary N) is 2. The Morgan fingerprint density at radius 2 is 1.59 bits per heavy atom. The Bertz CT molecular complexity index is 1210. The minimum atomic E-state index is -3.82. The number of hydrogen-bond acceptors (Lipinski definition) is 7. The van der Waals surface area contributed by atoms with E-state index in [1.807, 2.05) is 0 Å². The Labute approximate surface area is 188 Å². The minimum Gasteiger partial charge on any atom is -0.468 e. The maximum absolute atomic E-state index is 12.3. The van der Waals surface area contributed by atoms with Crippen molar-refractivity contribution in [1.82, 2.24) is 10.0 Å². The lowest BCUT2D eigenvalue weighted by atomic mass is 10.2. The molecule has 2 aromatic carbocycles. The first-order chi connectivity index (χ1) is 15.2. The molecule has 1 aromatic heterocycles. The zero-order valence-corrected chi connectivity index (χ0v) is 18.0. The van der Waals surface area contributed by atoms with Crippen LogP contribution < -0.4 is 10.0 Å². The number of ether oxygens (including phenoxy) is 1. The van der Waals surface area contributed by atoms with Gasteiger partial charge in [0.25, 0.3) is 11.8 Å². The molecule has 0 aliphatic carbocycles. The molecule has 0 fully saturated rings. The highest BCUT2D eigenvalue weighted by Crippen LogP contribution is 2.13. The summed E-state index contributed by atoms with van der Waals surface area (Å²) in [6, 6.07) is 14.1. The molecule has 2 N–H and O–H groups in total. The molecule has 3 aromatic rings. The molecule has 0 aliphatic rings. The molecule has 0 atom stereocenters. The summed E-state index contributed by atoms with van der Waals surface area (Å²) in [5.74, 6) is -1.90. The van der Waals surface area contributed by atoms with Crippen LogP contribution in [-0.4, -0.2) is 32.8 Å². The van der Waals surface area contributed by atoms with E-state index in [-0.39, 0.29) is 22.6 Å². The summed E-state index contributed by atoms with van der Waals surface area (Å²) in [4.78, 5) is 35.9. The number of carbonyl (C=O) groups excluding carboxylic acids is 3. The lowest BCUT2D eigenvalue weighted by molar-refractivity contribution is -0.123. The molecule has 9 nitrogen and oxygen atoms in total. The molecule has 11 heteroatoms. The first kappa shape index (κ1) is 23.2.